The Balaban J connectivity index is 2.07. The van der Waals surface area contributed by atoms with Crippen molar-refractivity contribution < 1.29 is 21.9 Å². The Morgan fingerprint density at radius 2 is 1.96 bits per heavy atom. The maximum atomic E-state index is 13.9. The summed E-state index contributed by atoms with van der Waals surface area (Å²) in [4.78, 5) is 4.16. The minimum absolute atomic E-state index is 0.109. The number of aromatic nitrogens is 1. The summed E-state index contributed by atoms with van der Waals surface area (Å²) in [5, 5.41) is 2.64. The number of aryl methyl sites for hydroxylation is 1. The van der Waals surface area contributed by atoms with Crippen molar-refractivity contribution in [1.29, 1.82) is 0 Å². The lowest BCUT2D eigenvalue weighted by Crippen LogP contribution is -2.16. The third kappa shape index (κ3) is 4.25. The van der Waals surface area contributed by atoms with Crippen molar-refractivity contribution in [2.45, 2.75) is 18.7 Å². The van der Waals surface area contributed by atoms with Crippen LogP contribution < -0.4 is 9.46 Å². The van der Waals surface area contributed by atoms with Gasteiger partial charge >= 0.3 is 0 Å². The zero-order chi connectivity index (χ0) is 19.6. The Bertz CT molecular complexity index is 1080. The predicted molar refractivity (Wildman–Crippen MR) is 101 cm³/mol. The summed E-state index contributed by atoms with van der Waals surface area (Å²) in [5.74, 6) is -1.53. The SMILES string of the molecule is CCOc1ccc(-c2csc(C)n2)cc1S(=O)(=O)Nc1cc(F)ccc1F. The second-order valence-electron chi connectivity index (χ2n) is 5.58. The second kappa shape index (κ2) is 7.61. The minimum Gasteiger partial charge on any atom is -0.492 e. The van der Waals surface area contributed by atoms with Gasteiger partial charge in [0.05, 0.1) is 23.0 Å². The highest BCUT2D eigenvalue weighted by atomic mass is 32.2. The molecule has 3 rings (SSSR count). The topological polar surface area (TPSA) is 68.3 Å². The zero-order valence-electron chi connectivity index (χ0n) is 14.5. The van der Waals surface area contributed by atoms with Crippen LogP contribution in [0.4, 0.5) is 14.5 Å². The number of rotatable bonds is 6. The zero-order valence-corrected chi connectivity index (χ0v) is 16.1. The third-order valence-electron chi connectivity index (χ3n) is 3.62. The number of nitrogens with one attached hydrogen (secondary N) is 1. The highest BCUT2D eigenvalue weighted by Gasteiger charge is 2.23. The number of sulfonamides is 1. The van der Waals surface area contributed by atoms with Crippen LogP contribution in [-0.2, 0) is 10.0 Å². The molecule has 0 unspecified atom stereocenters. The van der Waals surface area contributed by atoms with E-state index in [1.165, 1.54) is 23.5 Å². The summed E-state index contributed by atoms with van der Waals surface area (Å²) in [6.45, 7) is 3.80. The Labute approximate surface area is 159 Å². The molecule has 27 heavy (non-hydrogen) atoms. The summed E-state index contributed by atoms with van der Waals surface area (Å²) in [5.41, 5.74) is 0.712. The maximum absolute atomic E-state index is 13.9. The van der Waals surface area contributed by atoms with Crippen molar-refractivity contribution in [3.05, 3.63) is 58.4 Å². The fourth-order valence-corrected chi connectivity index (χ4v) is 4.28. The van der Waals surface area contributed by atoms with Gasteiger partial charge in [0.1, 0.15) is 22.3 Å². The van der Waals surface area contributed by atoms with Crippen LogP contribution in [0, 0.1) is 18.6 Å². The van der Waals surface area contributed by atoms with Gasteiger partial charge in [0, 0.05) is 17.0 Å². The molecule has 5 nitrogen and oxygen atoms in total. The molecule has 3 aromatic rings. The van der Waals surface area contributed by atoms with Crippen molar-refractivity contribution in [3.8, 4) is 17.0 Å². The highest BCUT2D eigenvalue weighted by molar-refractivity contribution is 7.92. The molecule has 142 valence electrons. The molecular formula is C18H16F2N2O3S2. The van der Waals surface area contributed by atoms with Crippen molar-refractivity contribution >= 4 is 27.0 Å². The fourth-order valence-electron chi connectivity index (χ4n) is 2.42. The monoisotopic (exact) mass is 410 g/mol. The minimum atomic E-state index is -4.24. The van der Waals surface area contributed by atoms with E-state index in [-0.39, 0.29) is 17.3 Å². The molecule has 2 aromatic carbocycles. The number of hydrogen-bond donors (Lipinski definition) is 1. The van der Waals surface area contributed by atoms with E-state index >= 15 is 0 Å². The molecule has 0 atom stereocenters. The van der Waals surface area contributed by atoms with Crippen molar-refractivity contribution in [1.82, 2.24) is 4.98 Å². The molecule has 0 aliphatic carbocycles. The smallest absolute Gasteiger partial charge is 0.265 e. The van der Waals surface area contributed by atoms with Gasteiger partial charge in [0.25, 0.3) is 10.0 Å². The van der Waals surface area contributed by atoms with E-state index in [9.17, 15) is 17.2 Å². The van der Waals surface area contributed by atoms with Crippen LogP contribution in [0.15, 0.2) is 46.7 Å². The molecule has 0 spiro atoms. The molecule has 0 bridgehead atoms. The lowest BCUT2D eigenvalue weighted by atomic mass is 10.2. The molecular weight excluding hydrogens is 394 g/mol. The summed E-state index contributed by atoms with van der Waals surface area (Å²) < 4.78 is 60.5. The molecule has 0 aliphatic rings. The third-order valence-corrected chi connectivity index (χ3v) is 5.78. The Morgan fingerprint density at radius 3 is 2.63 bits per heavy atom. The van der Waals surface area contributed by atoms with Gasteiger partial charge in [-0.25, -0.2) is 22.2 Å². The standard InChI is InChI=1S/C18H16F2N2O3S2/c1-3-25-17-7-4-12(16-10-26-11(2)21-16)8-18(17)27(23,24)22-15-9-13(19)5-6-14(15)20/h4-10,22H,3H2,1-2H3. The van der Waals surface area contributed by atoms with E-state index in [0.717, 1.165) is 23.2 Å². The Kier molecular flexibility index (Phi) is 5.43. The molecule has 0 saturated heterocycles. The number of nitrogens with zero attached hydrogens (tertiary/aromatic N) is 1. The fraction of sp³-hybridized carbons (Fsp3) is 0.167. The summed E-state index contributed by atoms with van der Waals surface area (Å²) >= 11 is 1.43. The molecule has 0 fully saturated rings. The number of anilines is 1. The average molecular weight is 410 g/mol. The lowest BCUT2D eigenvalue weighted by molar-refractivity contribution is 0.331. The number of ether oxygens (including phenoxy) is 1. The van der Waals surface area contributed by atoms with Crippen LogP contribution in [0.3, 0.4) is 0 Å². The van der Waals surface area contributed by atoms with Crippen LogP contribution >= 0.6 is 11.3 Å². The van der Waals surface area contributed by atoms with Crippen molar-refractivity contribution in [3.63, 3.8) is 0 Å². The van der Waals surface area contributed by atoms with Crippen LogP contribution in [0.1, 0.15) is 11.9 Å². The number of thiazole rings is 1. The summed E-state index contributed by atoms with van der Waals surface area (Å²) in [6.07, 6.45) is 0. The van der Waals surface area contributed by atoms with Crippen molar-refractivity contribution in [2.75, 3.05) is 11.3 Å². The van der Waals surface area contributed by atoms with Gasteiger partial charge in [-0.15, -0.1) is 11.3 Å². The first-order chi connectivity index (χ1) is 12.8. The predicted octanol–water partition coefficient (Wildman–Crippen LogP) is 4.60. The molecule has 1 N–H and O–H groups in total. The highest BCUT2D eigenvalue weighted by Crippen LogP contribution is 2.32. The van der Waals surface area contributed by atoms with Gasteiger partial charge in [-0.3, -0.25) is 4.72 Å². The molecule has 9 heteroatoms. The Hall–Kier alpha value is -2.52. The Morgan fingerprint density at radius 1 is 1.19 bits per heavy atom. The van der Waals surface area contributed by atoms with E-state index in [0.29, 0.717) is 11.3 Å². The van der Waals surface area contributed by atoms with E-state index in [2.05, 4.69) is 9.71 Å². The average Bonchev–Trinajstić information content (AvgIpc) is 3.05. The maximum Gasteiger partial charge on any atom is 0.265 e. The molecule has 0 radical (unpaired) electrons. The van der Waals surface area contributed by atoms with Crippen LogP contribution in [0.2, 0.25) is 0 Å². The summed E-state index contributed by atoms with van der Waals surface area (Å²) in [7, 11) is -4.24. The van der Waals surface area contributed by atoms with Crippen LogP contribution in [0.5, 0.6) is 5.75 Å². The molecule has 0 saturated carbocycles. The summed E-state index contributed by atoms with van der Waals surface area (Å²) in [6, 6.07) is 7.15. The van der Waals surface area contributed by atoms with Gasteiger partial charge in [-0.05, 0) is 44.2 Å². The number of hydrogen-bond acceptors (Lipinski definition) is 5. The van der Waals surface area contributed by atoms with E-state index in [1.54, 1.807) is 18.4 Å². The van der Waals surface area contributed by atoms with Crippen LogP contribution in [0.25, 0.3) is 11.3 Å². The molecule has 1 aromatic heterocycles. The van der Waals surface area contributed by atoms with Crippen LogP contribution in [-0.4, -0.2) is 20.0 Å². The molecule has 0 aliphatic heterocycles. The number of benzene rings is 2. The van der Waals surface area contributed by atoms with Crippen molar-refractivity contribution in [2.24, 2.45) is 0 Å². The quantitative estimate of drug-likeness (QED) is 0.645. The van der Waals surface area contributed by atoms with Gasteiger partial charge in [-0.2, -0.15) is 0 Å². The molecule has 1 heterocycles. The van der Waals surface area contributed by atoms with E-state index in [4.69, 9.17) is 4.74 Å². The largest absolute Gasteiger partial charge is 0.492 e. The van der Waals surface area contributed by atoms with Gasteiger partial charge in [0.2, 0.25) is 0 Å². The van der Waals surface area contributed by atoms with Gasteiger partial charge in [0.15, 0.2) is 0 Å². The van der Waals surface area contributed by atoms with E-state index < -0.39 is 27.3 Å². The van der Waals surface area contributed by atoms with E-state index in [1.807, 2.05) is 6.92 Å². The number of halogens is 2. The normalized spacial score (nSPS) is 11.4. The van der Waals surface area contributed by atoms with Gasteiger partial charge < -0.3 is 4.74 Å². The first-order valence-electron chi connectivity index (χ1n) is 7.97. The molecule has 0 amide bonds. The second-order valence-corrected chi connectivity index (χ2v) is 8.29. The first-order valence-corrected chi connectivity index (χ1v) is 10.3. The van der Waals surface area contributed by atoms with Gasteiger partial charge in [-0.1, -0.05) is 0 Å². The first kappa shape index (κ1) is 19.2. The lowest BCUT2D eigenvalue weighted by Gasteiger charge is -2.14.